The number of esters is 3. The largest absolute Gasteiger partial charge is 0.506 e. The Morgan fingerprint density at radius 1 is 1.00 bits per heavy atom. The molecule has 0 saturated carbocycles. The smallest absolute Gasteiger partial charge is 0.340 e. The SMILES string of the molecule is C=C(C)C(=O)OCCOC(=O)C1=C(C)/C(=C2\C(=O)C(c3[nH]c(C)c(C(=O)OCC)c3C)=C2O)N=C1C. The molecule has 0 aromatic carbocycles. The molecule has 0 bridgehead atoms. The maximum Gasteiger partial charge on any atom is 0.340 e. The number of nitrogens with one attached hydrogen (secondary N) is 1. The lowest BCUT2D eigenvalue weighted by Gasteiger charge is -2.22. The Labute approximate surface area is 208 Å². The number of hydrogen-bond acceptors (Lipinski definition) is 9. The van der Waals surface area contributed by atoms with Crippen molar-refractivity contribution in [2.45, 2.75) is 41.5 Å². The van der Waals surface area contributed by atoms with Crippen LogP contribution in [0.15, 0.2) is 45.3 Å². The van der Waals surface area contributed by atoms with Crippen molar-refractivity contribution >= 4 is 35.0 Å². The highest BCUT2D eigenvalue weighted by molar-refractivity contribution is 6.40. The zero-order valence-corrected chi connectivity index (χ0v) is 21.1. The fourth-order valence-electron chi connectivity index (χ4n) is 4.07. The van der Waals surface area contributed by atoms with Crippen molar-refractivity contribution < 1.29 is 38.5 Å². The molecule has 3 rings (SSSR count). The van der Waals surface area contributed by atoms with Gasteiger partial charge in [-0.1, -0.05) is 6.58 Å². The number of carbonyl (C=O) groups excluding carboxylic acids is 4. The molecule has 0 atom stereocenters. The first-order valence-electron chi connectivity index (χ1n) is 11.3. The lowest BCUT2D eigenvalue weighted by atomic mass is 9.82. The molecule has 10 nitrogen and oxygen atoms in total. The Kier molecular flexibility index (Phi) is 7.47. The van der Waals surface area contributed by atoms with Gasteiger partial charge in [-0.2, -0.15) is 0 Å². The molecule has 36 heavy (non-hydrogen) atoms. The van der Waals surface area contributed by atoms with Gasteiger partial charge in [-0.3, -0.25) is 9.79 Å². The van der Waals surface area contributed by atoms with Gasteiger partial charge in [-0.15, -0.1) is 0 Å². The molecule has 0 unspecified atom stereocenters. The Hall–Kier alpha value is -4.21. The molecule has 1 aliphatic carbocycles. The molecule has 0 spiro atoms. The Bertz CT molecular complexity index is 1330. The summed E-state index contributed by atoms with van der Waals surface area (Å²) in [5, 5.41) is 10.8. The monoisotopic (exact) mass is 496 g/mol. The summed E-state index contributed by atoms with van der Waals surface area (Å²) in [5.41, 5.74) is 2.90. The second-order valence-corrected chi connectivity index (χ2v) is 8.37. The normalized spacial score (nSPS) is 17.2. The number of aryl methyl sites for hydroxylation is 1. The molecule has 2 N–H and O–H groups in total. The van der Waals surface area contributed by atoms with Gasteiger partial charge < -0.3 is 24.3 Å². The van der Waals surface area contributed by atoms with Gasteiger partial charge in [0, 0.05) is 11.3 Å². The van der Waals surface area contributed by atoms with Crippen LogP contribution in [0.25, 0.3) is 5.57 Å². The first kappa shape index (κ1) is 26.4. The lowest BCUT2D eigenvalue weighted by molar-refractivity contribution is -0.147. The third-order valence-electron chi connectivity index (χ3n) is 5.81. The summed E-state index contributed by atoms with van der Waals surface area (Å²) in [6.45, 7) is 13.1. The summed E-state index contributed by atoms with van der Waals surface area (Å²) in [6.07, 6.45) is 0. The van der Waals surface area contributed by atoms with E-state index in [2.05, 4.69) is 16.6 Å². The molecule has 0 radical (unpaired) electrons. The van der Waals surface area contributed by atoms with E-state index in [4.69, 9.17) is 14.2 Å². The van der Waals surface area contributed by atoms with Crippen LogP contribution in [0.4, 0.5) is 0 Å². The van der Waals surface area contributed by atoms with Crippen molar-refractivity contribution in [2.24, 2.45) is 4.99 Å². The first-order chi connectivity index (χ1) is 16.9. The second kappa shape index (κ2) is 10.2. The molecule has 1 aromatic rings. The minimum absolute atomic E-state index is 0.0237. The van der Waals surface area contributed by atoms with Crippen LogP contribution in [0, 0.1) is 13.8 Å². The molecule has 1 aromatic heterocycles. The zero-order chi connectivity index (χ0) is 26.9. The van der Waals surface area contributed by atoms with Gasteiger partial charge in [-0.05, 0) is 52.7 Å². The van der Waals surface area contributed by atoms with E-state index >= 15 is 0 Å². The number of allylic oxidation sites excluding steroid dienone is 3. The van der Waals surface area contributed by atoms with E-state index in [1.165, 1.54) is 6.92 Å². The van der Waals surface area contributed by atoms with Crippen LogP contribution in [0.1, 0.15) is 55.0 Å². The number of aliphatic hydroxyl groups is 1. The number of nitrogens with zero attached hydrogens (tertiary/aromatic N) is 1. The highest BCUT2D eigenvalue weighted by Gasteiger charge is 2.42. The van der Waals surface area contributed by atoms with Gasteiger partial charge in [-0.25, -0.2) is 14.4 Å². The summed E-state index contributed by atoms with van der Waals surface area (Å²) in [7, 11) is 0. The van der Waals surface area contributed by atoms with Crippen molar-refractivity contribution in [2.75, 3.05) is 19.8 Å². The molecular formula is C26H28N2O8. The molecule has 10 heteroatoms. The summed E-state index contributed by atoms with van der Waals surface area (Å²) in [5.74, 6) is -2.56. The molecule has 190 valence electrons. The Balaban J connectivity index is 1.87. The summed E-state index contributed by atoms with van der Waals surface area (Å²) in [6, 6.07) is 0. The van der Waals surface area contributed by atoms with Crippen LogP contribution in [0.3, 0.4) is 0 Å². The zero-order valence-electron chi connectivity index (χ0n) is 21.1. The number of Topliss-reactive ketones (excluding diaryl/α,β-unsaturated/α-hetero) is 1. The van der Waals surface area contributed by atoms with Crippen LogP contribution < -0.4 is 0 Å². The second-order valence-electron chi connectivity index (χ2n) is 8.37. The van der Waals surface area contributed by atoms with Crippen molar-refractivity contribution in [3.8, 4) is 0 Å². The molecule has 2 aliphatic rings. The number of carbonyl (C=O) groups is 4. The summed E-state index contributed by atoms with van der Waals surface area (Å²) >= 11 is 0. The van der Waals surface area contributed by atoms with E-state index in [-0.39, 0.29) is 53.6 Å². The summed E-state index contributed by atoms with van der Waals surface area (Å²) < 4.78 is 15.2. The van der Waals surface area contributed by atoms with Crippen LogP contribution in [-0.2, 0) is 28.6 Å². The van der Waals surface area contributed by atoms with Gasteiger partial charge in [0.05, 0.1) is 46.0 Å². The average Bonchev–Trinajstić information content (AvgIpc) is 3.25. The van der Waals surface area contributed by atoms with Crippen LogP contribution in [0.5, 0.6) is 0 Å². The molecule has 0 fully saturated rings. The predicted molar refractivity (Wildman–Crippen MR) is 130 cm³/mol. The van der Waals surface area contributed by atoms with E-state index in [1.807, 2.05) is 0 Å². The minimum Gasteiger partial charge on any atom is -0.506 e. The van der Waals surface area contributed by atoms with Crippen molar-refractivity contribution in [3.63, 3.8) is 0 Å². The fraction of sp³-hybridized carbons (Fsp3) is 0.346. The van der Waals surface area contributed by atoms with Gasteiger partial charge in [0.1, 0.15) is 19.0 Å². The lowest BCUT2D eigenvalue weighted by Crippen LogP contribution is -2.23. The maximum atomic E-state index is 13.1. The minimum atomic E-state index is -0.693. The molecule has 1 aliphatic heterocycles. The summed E-state index contributed by atoms with van der Waals surface area (Å²) in [4.78, 5) is 56.8. The van der Waals surface area contributed by atoms with Crippen LogP contribution in [-0.4, -0.2) is 59.3 Å². The van der Waals surface area contributed by atoms with Gasteiger partial charge >= 0.3 is 17.9 Å². The van der Waals surface area contributed by atoms with E-state index in [0.29, 0.717) is 33.8 Å². The fourth-order valence-corrected chi connectivity index (χ4v) is 4.07. The third kappa shape index (κ3) is 4.53. The number of H-pyrrole nitrogens is 1. The maximum absolute atomic E-state index is 13.1. The highest BCUT2D eigenvalue weighted by Crippen LogP contribution is 2.43. The van der Waals surface area contributed by atoms with Gasteiger partial charge in [0.25, 0.3) is 0 Å². The number of ether oxygens (including phenoxy) is 3. The molecule has 2 heterocycles. The van der Waals surface area contributed by atoms with Crippen molar-refractivity contribution in [1.82, 2.24) is 4.98 Å². The molecular weight excluding hydrogens is 468 g/mol. The van der Waals surface area contributed by atoms with Crippen molar-refractivity contribution in [3.05, 3.63) is 62.8 Å². The van der Waals surface area contributed by atoms with Gasteiger partial charge in [0.2, 0.25) is 5.78 Å². The third-order valence-corrected chi connectivity index (χ3v) is 5.81. The average molecular weight is 497 g/mol. The molecule has 0 saturated heterocycles. The number of aromatic amines is 1. The number of rotatable bonds is 8. The predicted octanol–water partition coefficient (Wildman–Crippen LogP) is 3.37. The van der Waals surface area contributed by atoms with Gasteiger partial charge in [0.15, 0.2) is 0 Å². The Morgan fingerprint density at radius 3 is 2.22 bits per heavy atom. The topological polar surface area (TPSA) is 144 Å². The number of aromatic nitrogens is 1. The van der Waals surface area contributed by atoms with Crippen LogP contribution >= 0.6 is 0 Å². The van der Waals surface area contributed by atoms with E-state index < -0.39 is 23.7 Å². The number of hydrogen-bond donors (Lipinski definition) is 2. The highest BCUT2D eigenvalue weighted by atomic mass is 16.6. The number of aliphatic hydroxyl groups excluding tert-OH is 1. The van der Waals surface area contributed by atoms with Crippen molar-refractivity contribution in [1.29, 1.82) is 0 Å². The van der Waals surface area contributed by atoms with E-state index in [9.17, 15) is 24.3 Å². The quantitative estimate of drug-likeness (QED) is 0.241. The van der Waals surface area contributed by atoms with Crippen LogP contribution in [0.2, 0.25) is 0 Å². The van der Waals surface area contributed by atoms with E-state index in [1.54, 1.807) is 34.6 Å². The number of aliphatic imine (C=N–C) groups is 1. The first-order valence-corrected chi connectivity index (χ1v) is 11.3. The standard InChI is InChI=1S/C26H28N2O8/c1-8-34-25(32)16-12(4)20(27-14(16)6)18-22(29)19(23(18)30)21-13(5)17(15(7)28-21)26(33)36-10-9-35-24(31)11(2)3/h27,29H,2,8-10H2,1,3-7H3/b21-19+. The number of ketones is 1. The van der Waals surface area contributed by atoms with E-state index in [0.717, 1.165) is 0 Å². The Morgan fingerprint density at radius 2 is 1.64 bits per heavy atom. The molecule has 0 amide bonds.